The zero-order valence-electron chi connectivity index (χ0n) is 34.3. The van der Waals surface area contributed by atoms with Crippen molar-refractivity contribution < 1.29 is 8.83 Å². The molecule has 15 rings (SSSR count). The van der Waals surface area contributed by atoms with E-state index in [1.54, 1.807) is 0 Å². The summed E-state index contributed by atoms with van der Waals surface area (Å²) < 4.78 is 18.0. The maximum atomic E-state index is 6.75. The molecule has 0 fully saturated rings. The maximum Gasteiger partial charge on any atom is 0.137 e. The van der Waals surface area contributed by atoms with Gasteiger partial charge in [0.2, 0.25) is 0 Å². The third-order valence-corrected chi connectivity index (χ3v) is 14.2. The highest BCUT2D eigenvalue weighted by atomic mass is 16.3. The summed E-state index contributed by atoms with van der Waals surface area (Å²) in [6, 6.07) is 62.6. The van der Waals surface area contributed by atoms with E-state index >= 15 is 0 Å². The SMILES string of the molecule is CC1CC=Cc2c1oc1cc3c(cc21)c1cc(-c2ccc4c(c2)c2cc5c(cc2n4-c2ccccc2)oc2ccccc25)ccc1n3-c1ccc2c3c(cccc13)-c1ccccc1-2. The zero-order valence-corrected chi connectivity index (χ0v) is 34.3. The Morgan fingerprint density at radius 3 is 1.84 bits per heavy atom. The van der Waals surface area contributed by atoms with Crippen molar-refractivity contribution in [2.75, 3.05) is 0 Å². The summed E-state index contributed by atoms with van der Waals surface area (Å²) in [6.07, 6.45) is 5.55. The molecular formula is C59H36N2O2. The number of hydrogen-bond acceptors (Lipinski definition) is 2. The van der Waals surface area contributed by atoms with Gasteiger partial charge in [0.1, 0.15) is 22.5 Å². The first-order valence-corrected chi connectivity index (χ1v) is 22.0. The van der Waals surface area contributed by atoms with Gasteiger partial charge in [0.15, 0.2) is 0 Å². The molecule has 1 unspecified atom stereocenters. The maximum absolute atomic E-state index is 6.75. The minimum Gasteiger partial charge on any atom is -0.460 e. The largest absolute Gasteiger partial charge is 0.460 e. The van der Waals surface area contributed by atoms with Crippen molar-refractivity contribution in [3.05, 3.63) is 187 Å². The Morgan fingerprint density at radius 1 is 0.429 bits per heavy atom. The molecule has 0 saturated heterocycles. The van der Waals surface area contributed by atoms with E-state index in [1.165, 1.54) is 87.9 Å². The van der Waals surface area contributed by atoms with Crippen LogP contribution in [0.1, 0.15) is 30.6 Å². The molecule has 0 bridgehead atoms. The molecule has 0 radical (unpaired) electrons. The second-order valence-corrected chi connectivity index (χ2v) is 17.6. The Labute approximate surface area is 361 Å². The standard InChI is InChI=1S/C59H36N2O2/c1-33-11-9-18-42-49-30-47-45-28-35(34-21-24-51-44(27-34)46-29-48-39-16-7-8-20-55(39)62-56(48)31-53(46)60(51)36-12-3-2-4-13-36)22-25-52(45)61(54(47)32-57(49)63-59(33)42)50-26-23-41-38-15-6-5-14-37(38)40-17-10-19-43(50)58(40)41/h2-10,12-33H,11H2,1H3. The lowest BCUT2D eigenvalue weighted by atomic mass is 9.93. The van der Waals surface area contributed by atoms with Crippen LogP contribution in [0.5, 0.6) is 0 Å². The average Bonchev–Trinajstić information content (AvgIpc) is 4.13. The Bertz CT molecular complexity index is 4160. The fourth-order valence-electron chi connectivity index (χ4n) is 11.4. The molecule has 0 amide bonds. The second-order valence-electron chi connectivity index (χ2n) is 17.6. The van der Waals surface area contributed by atoms with E-state index in [0.29, 0.717) is 5.92 Å². The smallest absolute Gasteiger partial charge is 0.137 e. The van der Waals surface area contributed by atoms with Crippen molar-refractivity contribution in [2.45, 2.75) is 19.3 Å². The number of allylic oxidation sites excluding steroid dienone is 1. The fourth-order valence-corrected chi connectivity index (χ4v) is 11.4. The molecule has 2 aliphatic rings. The average molecular weight is 805 g/mol. The number of aromatic nitrogens is 2. The minimum atomic E-state index is 0.339. The van der Waals surface area contributed by atoms with E-state index in [-0.39, 0.29) is 0 Å². The minimum absolute atomic E-state index is 0.339. The van der Waals surface area contributed by atoms with Crippen molar-refractivity contribution in [1.82, 2.24) is 9.13 Å². The molecule has 0 aliphatic heterocycles. The number of hydrogen-bond donors (Lipinski definition) is 0. The van der Waals surface area contributed by atoms with E-state index in [9.17, 15) is 0 Å². The highest BCUT2D eigenvalue weighted by Gasteiger charge is 2.26. The first-order valence-electron chi connectivity index (χ1n) is 22.0. The number of benzene rings is 9. The monoisotopic (exact) mass is 804 g/mol. The fraction of sp³-hybridized carbons (Fsp3) is 0.0508. The quantitative estimate of drug-likeness (QED) is 0.178. The summed E-state index contributed by atoms with van der Waals surface area (Å²) in [7, 11) is 0. The van der Waals surface area contributed by atoms with Gasteiger partial charge in [0.05, 0.1) is 27.8 Å². The van der Waals surface area contributed by atoms with Crippen molar-refractivity contribution in [3.8, 4) is 44.8 Å². The van der Waals surface area contributed by atoms with Crippen LogP contribution in [0.25, 0.3) is 138 Å². The molecule has 13 aromatic rings. The van der Waals surface area contributed by atoms with Crippen LogP contribution >= 0.6 is 0 Å². The predicted molar refractivity (Wildman–Crippen MR) is 262 cm³/mol. The van der Waals surface area contributed by atoms with Crippen molar-refractivity contribution in [3.63, 3.8) is 0 Å². The summed E-state index contributed by atoms with van der Waals surface area (Å²) >= 11 is 0. The topological polar surface area (TPSA) is 36.1 Å². The van der Waals surface area contributed by atoms with Gasteiger partial charge in [-0.05, 0) is 106 Å². The third-order valence-electron chi connectivity index (χ3n) is 14.2. The Balaban J connectivity index is 0.996. The van der Waals surface area contributed by atoms with Crippen LogP contribution in [0.3, 0.4) is 0 Å². The van der Waals surface area contributed by atoms with Gasteiger partial charge in [0, 0.05) is 72.4 Å². The van der Waals surface area contributed by atoms with Crippen LogP contribution in [-0.4, -0.2) is 9.13 Å². The summed E-state index contributed by atoms with van der Waals surface area (Å²) in [6.45, 7) is 2.27. The number of furan rings is 2. The molecule has 0 spiro atoms. The normalized spacial score (nSPS) is 14.5. The van der Waals surface area contributed by atoms with E-state index in [2.05, 4.69) is 192 Å². The van der Waals surface area contributed by atoms with Crippen LogP contribution in [0.15, 0.2) is 185 Å². The number of fused-ring (bicyclic) bond motifs is 15. The Kier molecular flexibility index (Phi) is 6.43. The van der Waals surface area contributed by atoms with Gasteiger partial charge in [-0.2, -0.15) is 0 Å². The molecule has 0 N–H and O–H groups in total. The summed E-state index contributed by atoms with van der Waals surface area (Å²) in [5.74, 6) is 1.43. The molecule has 4 nitrogen and oxygen atoms in total. The van der Waals surface area contributed by atoms with Crippen molar-refractivity contribution in [1.29, 1.82) is 0 Å². The zero-order chi connectivity index (χ0) is 41.1. The lowest BCUT2D eigenvalue weighted by Crippen LogP contribution is -1.96. The van der Waals surface area contributed by atoms with Crippen LogP contribution in [0.4, 0.5) is 0 Å². The molecule has 2 aliphatic carbocycles. The Hall–Kier alpha value is -8.08. The van der Waals surface area contributed by atoms with E-state index in [0.717, 1.165) is 61.9 Å². The van der Waals surface area contributed by atoms with Crippen LogP contribution < -0.4 is 0 Å². The first-order chi connectivity index (χ1) is 31.1. The van der Waals surface area contributed by atoms with E-state index in [4.69, 9.17) is 8.83 Å². The molecule has 63 heavy (non-hydrogen) atoms. The van der Waals surface area contributed by atoms with Gasteiger partial charge in [-0.25, -0.2) is 0 Å². The van der Waals surface area contributed by atoms with Gasteiger partial charge in [-0.15, -0.1) is 0 Å². The highest BCUT2D eigenvalue weighted by molar-refractivity contribution is 6.21. The van der Waals surface area contributed by atoms with Gasteiger partial charge >= 0.3 is 0 Å². The highest BCUT2D eigenvalue weighted by Crippen LogP contribution is 2.50. The van der Waals surface area contributed by atoms with Gasteiger partial charge in [-0.3, -0.25) is 0 Å². The second kappa shape index (κ2) is 12.1. The van der Waals surface area contributed by atoms with E-state index < -0.39 is 0 Å². The number of nitrogens with zero attached hydrogens (tertiary/aromatic N) is 2. The van der Waals surface area contributed by atoms with E-state index in [1.807, 2.05) is 6.07 Å². The third kappa shape index (κ3) is 4.44. The van der Waals surface area contributed by atoms with Crippen molar-refractivity contribution in [2.24, 2.45) is 0 Å². The first kappa shape index (κ1) is 33.6. The molecule has 4 heteroatoms. The molecule has 1 atom stereocenters. The van der Waals surface area contributed by atoms with Crippen molar-refractivity contribution >= 4 is 93.4 Å². The van der Waals surface area contributed by atoms with Gasteiger partial charge in [-0.1, -0.05) is 116 Å². The molecule has 294 valence electrons. The van der Waals surface area contributed by atoms with Crippen LogP contribution in [-0.2, 0) is 0 Å². The summed E-state index contributed by atoms with van der Waals surface area (Å²) in [5.41, 5.74) is 18.4. The Morgan fingerprint density at radius 2 is 1.05 bits per heavy atom. The lowest BCUT2D eigenvalue weighted by Gasteiger charge is -2.13. The lowest BCUT2D eigenvalue weighted by molar-refractivity contribution is 0.504. The predicted octanol–water partition coefficient (Wildman–Crippen LogP) is 16.5. The number of para-hydroxylation sites is 2. The van der Waals surface area contributed by atoms with Gasteiger partial charge < -0.3 is 18.0 Å². The number of rotatable bonds is 3. The molecule has 0 saturated carbocycles. The van der Waals surface area contributed by atoms with Gasteiger partial charge in [0.25, 0.3) is 0 Å². The summed E-state index contributed by atoms with van der Waals surface area (Å²) in [5, 5.41) is 10.9. The van der Waals surface area contributed by atoms with Crippen LogP contribution in [0, 0.1) is 0 Å². The molecule has 4 heterocycles. The molecule has 9 aromatic carbocycles. The molecular weight excluding hydrogens is 769 g/mol. The summed E-state index contributed by atoms with van der Waals surface area (Å²) in [4.78, 5) is 0. The molecule has 4 aromatic heterocycles. The van der Waals surface area contributed by atoms with Crippen LogP contribution in [0.2, 0.25) is 0 Å².